The van der Waals surface area contributed by atoms with Gasteiger partial charge < -0.3 is 20.9 Å². The van der Waals surface area contributed by atoms with E-state index in [0.717, 1.165) is 0 Å². The zero-order valence-electron chi connectivity index (χ0n) is 20.5. The van der Waals surface area contributed by atoms with Crippen LogP contribution in [0.15, 0.2) is 0 Å². The molecule has 2 saturated heterocycles. The maximum absolute atomic E-state index is 13.6. The minimum atomic E-state index is -0.803. The van der Waals surface area contributed by atoms with Gasteiger partial charge in [-0.05, 0) is 35.5 Å². The van der Waals surface area contributed by atoms with E-state index in [-0.39, 0.29) is 59.6 Å². The molecule has 0 aromatic rings. The first-order valence-electron chi connectivity index (χ1n) is 11.9. The van der Waals surface area contributed by atoms with Gasteiger partial charge in [-0.25, -0.2) is 0 Å². The molecule has 3 fully saturated rings. The molecule has 182 valence electrons. The molecule has 6 atom stereocenters. The highest BCUT2D eigenvalue weighted by Crippen LogP contribution is 2.65. The van der Waals surface area contributed by atoms with Gasteiger partial charge in [0, 0.05) is 25.4 Å². The average molecular weight is 460 g/mol. The Morgan fingerprint density at radius 2 is 1.94 bits per heavy atom. The molecule has 9 heteroatoms. The normalized spacial score (nSPS) is 29.4. The van der Waals surface area contributed by atoms with E-state index in [2.05, 4.69) is 35.9 Å². The molecule has 9 nitrogen and oxygen atoms in total. The molecule has 2 unspecified atom stereocenters. The van der Waals surface area contributed by atoms with Crippen molar-refractivity contribution in [1.29, 1.82) is 5.26 Å². The summed E-state index contributed by atoms with van der Waals surface area (Å²) in [6, 6.07) is -0.153. The van der Waals surface area contributed by atoms with E-state index in [4.69, 9.17) is 0 Å². The molecule has 0 aromatic carbocycles. The number of nitrogens with zero attached hydrogens (tertiary/aromatic N) is 2. The average Bonchev–Trinajstić information content (AvgIpc) is 3.11. The van der Waals surface area contributed by atoms with Crippen molar-refractivity contribution < 1.29 is 19.2 Å². The lowest BCUT2D eigenvalue weighted by Crippen LogP contribution is -2.59. The molecule has 0 aromatic heterocycles. The second kappa shape index (κ2) is 8.96. The van der Waals surface area contributed by atoms with Gasteiger partial charge in [0.1, 0.15) is 18.1 Å². The van der Waals surface area contributed by atoms with E-state index < -0.39 is 23.5 Å². The van der Waals surface area contributed by atoms with Crippen LogP contribution in [0.4, 0.5) is 0 Å². The summed E-state index contributed by atoms with van der Waals surface area (Å²) in [6.07, 6.45) is 1.16. The van der Waals surface area contributed by atoms with Crippen LogP contribution in [0.5, 0.6) is 0 Å². The number of rotatable bonds is 7. The van der Waals surface area contributed by atoms with Crippen LogP contribution in [0.25, 0.3) is 0 Å². The molecule has 1 saturated carbocycles. The zero-order valence-corrected chi connectivity index (χ0v) is 20.5. The van der Waals surface area contributed by atoms with Crippen LogP contribution in [0.3, 0.4) is 0 Å². The monoisotopic (exact) mass is 459 g/mol. The van der Waals surface area contributed by atoms with E-state index in [1.54, 1.807) is 11.8 Å². The van der Waals surface area contributed by atoms with Gasteiger partial charge in [-0.2, -0.15) is 5.26 Å². The van der Waals surface area contributed by atoms with Crippen molar-refractivity contribution in [2.24, 2.45) is 28.6 Å². The van der Waals surface area contributed by atoms with Gasteiger partial charge in [0.15, 0.2) is 0 Å². The number of fused-ring (bicyclic) bond motifs is 1. The van der Waals surface area contributed by atoms with Crippen molar-refractivity contribution >= 4 is 23.6 Å². The third kappa shape index (κ3) is 4.85. The maximum Gasteiger partial charge on any atom is 0.246 e. The fraction of sp³-hybridized carbons (Fsp3) is 0.792. The summed E-state index contributed by atoms with van der Waals surface area (Å²) < 4.78 is 0. The Balaban J connectivity index is 1.79. The van der Waals surface area contributed by atoms with Crippen LogP contribution in [0, 0.1) is 39.9 Å². The van der Waals surface area contributed by atoms with E-state index in [1.165, 1.54) is 0 Å². The highest BCUT2D eigenvalue weighted by Gasteiger charge is 2.69. The molecule has 3 N–H and O–H groups in total. The fourth-order valence-electron chi connectivity index (χ4n) is 5.45. The molecule has 2 heterocycles. The lowest BCUT2D eigenvalue weighted by Gasteiger charge is -2.37. The number of hydrogen-bond acceptors (Lipinski definition) is 5. The van der Waals surface area contributed by atoms with Crippen LogP contribution in [0.2, 0.25) is 0 Å². The molecule has 1 aliphatic carbocycles. The summed E-state index contributed by atoms with van der Waals surface area (Å²) in [5, 5.41) is 18.0. The third-order valence-corrected chi connectivity index (χ3v) is 7.65. The molecule has 0 radical (unpaired) electrons. The standard InChI is InChI=1S/C24H37N5O4/c1-7-16(30)28-19(23(2,3)4)22(33)29-12-15-17(24(15,5)6)18(29)21(32)27-14(11-25)10-13-8-9-26-20(13)31/h13-15,17-19H,7-10,12H2,1-6H3,(H,26,31)(H,27,32)(H,28,30)/t13-,14-,15?,17-,18-,19?/m0/s1. The zero-order chi connectivity index (χ0) is 24.7. The number of nitriles is 1. The van der Waals surface area contributed by atoms with E-state index >= 15 is 0 Å². The number of amides is 4. The largest absolute Gasteiger partial charge is 0.356 e. The molecule has 33 heavy (non-hydrogen) atoms. The molecular formula is C24H37N5O4. The van der Waals surface area contributed by atoms with Gasteiger partial charge >= 0.3 is 0 Å². The van der Waals surface area contributed by atoms with E-state index in [1.807, 2.05) is 20.8 Å². The first-order chi connectivity index (χ1) is 15.3. The highest BCUT2D eigenvalue weighted by atomic mass is 16.2. The molecule has 4 amide bonds. The second-order valence-electron chi connectivity index (χ2n) is 11.3. The van der Waals surface area contributed by atoms with E-state index in [9.17, 15) is 24.4 Å². The number of carbonyl (C=O) groups is 4. The van der Waals surface area contributed by atoms with Crippen LogP contribution in [0.1, 0.15) is 60.8 Å². The molecule has 0 bridgehead atoms. The second-order valence-corrected chi connectivity index (χ2v) is 11.3. The predicted octanol–water partition coefficient (Wildman–Crippen LogP) is 0.945. The van der Waals surface area contributed by atoms with Gasteiger partial charge in [-0.3, -0.25) is 19.2 Å². The van der Waals surface area contributed by atoms with E-state index in [0.29, 0.717) is 19.5 Å². The Hall–Kier alpha value is -2.63. The Labute approximate surface area is 196 Å². The Bertz CT molecular complexity index is 871. The SMILES string of the molecule is CCC(=O)NC(C(=O)N1CC2[C@@H]([C@H]1C(=O)N[C@H](C#N)C[C@@H]1CCNC1=O)C2(C)C)C(C)(C)C. The number of piperidine rings is 1. The molecule has 3 rings (SSSR count). The van der Waals surface area contributed by atoms with Crippen molar-refractivity contribution in [3.05, 3.63) is 0 Å². The summed E-state index contributed by atoms with van der Waals surface area (Å²) >= 11 is 0. The van der Waals surface area contributed by atoms with Crippen molar-refractivity contribution in [3.63, 3.8) is 0 Å². The number of likely N-dealkylation sites (tertiary alicyclic amines) is 1. The van der Waals surface area contributed by atoms with Crippen LogP contribution in [-0.4, -0.2) is 59.7 Å². The van der Waals surface area contributed by atoms with Crippen molar-refractivity contribution in [2.75, 3.05) is 13.1 Å². The Morgan fingerprint density at radius 1 is 1.27 bits per heavy atom. The lowest BCUT2D eigenvalue weighted by atomic mass is 9.85. The van der Waals surface area contributed by atoms with Crippen molar-refractivity contribution in [2.45, 2.75) is 78.9 Å². The highest BCUT2D eigenvalue weighted by molar-refractivity contribution is 5.94. The number of carbonyl (C=O) groups excluding carboxylic acids is 4. The van der Waals surface area contributed by atoms with Gasteiger partial charge in [-0.1, -0.05) is 41.5 Å². The van der Waals surface area contributed by atoms with Crippen molar-refractivity contribution in [3.8, 4) is 6.07 Å². The topological polar surface area (TPSA) is 131 Å². The minimum absolute atomic E-state index is 0.00179. The summed E-state index contributed by atoms with van der Waals surface area (Å²) in [7, 11) is 0. The third-order valence-electron chi connectivity index (χ3n) is 7.65. The van der Waals surface area contributed by atoms with Gasteiger partial charge in [0.05, 0.1) is 6.07 Å². The van der Waals surface area contributed by atoms with Crippen LogP contribution < -0.4 is 16.0 Å². The molecular weight excluding hydrogens is 422 g/mol. The van der Waals surface area contributed by atoms with Crippen LogP contribution in [-0.2, 0) is 19.2 Å². The smallest absolute Gasteiger partial charge is 0.246 e. The Morgan fingerprint density at radius 3 is 2.45 bits per heavy atom. The summed E-state index contributed by atoms with van der Waals surface area (Å²) in [5.41, 5.74) is -0.605. The first-order valence-corrected chi connectivity index (χ1v) is 11.9. The van der Waals surface area contributed by atoms with Gasteiger partial charge in [0.2, 0.25) is 23.6 Å². The number of hydrogen-bond donors (Lipinski definition) is 3. The van der Waals surface area contributed by atoms with Crippen LogP contribution >= 0.6 is 0 Å². The maximum atomic E-state index is 13.6. The fourth-order valence-corrected chi connectivity index (χ4v) is 5.45. The molecule has 0 spiro atoms. The quantitative estimate of drug-likeness (QED) is 0.521. The summed E-state index contributed by atoms with van der Waals surface area (Å²) in [6.45, 7) is 12.6. The number of nitrogens with one attached hydrogen (secondary N) is 3. The van der Waals surface area contributed by atoms with Crippen molar-refractivity contribution in [1.82, 2.24) is 20.9 Å². The molecule has 3 aliphatic rings. The minimum Gasteiger partial charge on any atom is -0.356 e. The lowest BCUT2D eigenvalue weighted by molar-refractivity contribution is -0.145. The summed E-state index contributed by atoms with van der Waals surface area (Å²) in [4.78, 5) is 52.7. The van der Waals surface area contributed by atoms with Gasteiger partial charge in [-0.15, -0.1) is 0 Å². The predicted molar refractivity (Wildman–Crippen MR) is 121 cm³/mol. The molecule has 2 aliphatic heterocycles. The Kier molecular flexibility index (Phi) is 6.79. The summed E-state index contributed by atoms with van der Waals surface area (Å²) in [5.74, 6) is -1.04. The first kappa shape index (κ1) is 25.0. The van der Waals surface area contributed by atoms with Gasteiger partial charge in [0.25, 0.3) is 0 Å².